The Labute approximate surface area is 110 Å². The third-order valence-corrected chi connectivity index (χ3v) is 3.83. The average molecular weight is 303 g/mol. The van der Waals surface area contributed by atoms with E-state index in [0.29, 0.717) is 5.88 Å². The highest BCUT2D eigenvalue weighted by atomic mass is 79.9. The van der Waals surface area contributed by atoms with Crippen LogP contribution in [0.25, 0.3) is 0 Å². The SMILES string of the molecule is CC(C)C(Br)C(=O)Nc1cc(C(C)(C)C)no1. The molecule has 1 heterocycles. The first-order valence-electron chi connectivity index (χ1n) is 5.64. The highest BCUT2D eigenvalue weighted by Crippen LogP contribution is 2.24. The van der Waals surface area contributed by atoms with Crippen molar-refractivity contribution < 1.29 is 9.32 Å². The summed E-state index contributed by atoms with van der Waals surface area (Å²) in [5.41, 5.74) is 0.738. The number of anilines is 1. The molecule has 0 aliphatic heterocycles. The van der Waals surface area contributed by atoms with Crippen LogP contribution in [0.1, 0.15) is 40.3 Å². The molecule has 96 valence electrons. The van der Waals surface area contributed by atoms with Crippen LogP contribution in [-0.4, -0.2) is 15.9 Å². The van der Waals surface area contributed by atoms with Gasteiger partial charge in [0.2, 0.25) is 11.8 Å². The summed E-state index contributed by atoms with van der Waals surface area (Å²) in [6.07, 6.45) is 0. The van der Waals surface area contributed by atoms with Crippen molar-refractivity contribution in [2.45, 2.75) is 44.9 Å². The fourth-order valence-corrected chi connectivity index (χ4v) is 1.30. The van der Waals surface area contributed by atoms with Gasteiger partial charge in [-0.2, -0.15) is 0 Å². The molecule has 0 radical (unpaired) electrons. The van der Waals surface area contributed by atoms with E-state index in [1.807, 2.05) is 34.6 Å². The summed E-state index contributed by atoms with van der Waals surface area (Å²) in [4.78, 5) is 11.5. The number of rotatable bonds is 3. The van der Waals surface area contributed by atoms with Gasteiger partial charge in [-0.3, -0.25) is 10.1 Å². The van der Waals surface area contributed by atoms with Crippen molar-refractivity contribution in [3.63, 3.8) is 0 Å². The third-order valence-electron chi connectivity index (χ3n) is 2.36. The second-order valence-corrected chi connectivity index (χ2v) is 6.45. The van der Waals surface area contributed by atoms with Crippen LogP contribution in [0.15, 0.2) is 10.6 Å². The third kappa shape index (κ3) is 3.84. The molecule has 1 aromatic rings. The van der Waals surface area contributed by atoms with Gasteiger partial charge in [-0.1, -0.05) is 55.7 Å². The van der Waals surface area contributed by atoms with E-state index in [2.05, 4.69) is 26.4 Å². The van der Waals surface area contributed by atoms with Crippen molar-refractivity contribution in [1.82, 2.24) is 5.16 Å². The van der Waals surface area contributed by atoms with Crippen molar-refractivity contribution in [2.24, 2.45) is 5.92 Å². The highest BCUT2D eigenvalue weighted by Gasteiger charge is 2.22. The van der Waals surface area contributed by atoms with Gasteiger partial charge in [0.15, 0.2) is 0 Å². The van der Waals surface area contributed by atoms with Crippen LogP contribution >= 0.6 is 15.9 Å². The predicted octanol–water partition coefficient (Wildman–Crippen LogP) is 3.33. The van der Waals surface area contributed by atoms with Gasteiger partial charge in [-0.15, -0.1) is 0 Å². The van der Waals surface area contributed by atoms with E-state index in [1.165, 1.54) is 0 Å². The zero-order valence-corrected chi connectivity index (χ0v) is 12.5. The van der Waals surface area contributed by atoms with E-state index in [9.17, 15) is 4.79 Å². The molecule has 0 saturated heterocycles. The molecule has 0 saturated carbocycles. The number of alkyl halides is 1. The molecular weight excluding hydrogens is 284 g/mol. The Morgan fingerprint density at radius 1 is 1.47 bits per heavy atom. The fraction of sp³-hybridized carbons (Fsp3) is 0.667. The molecule has 0 aliphatic carbocycles. The summed E-state index contributed by atoms with van der Waals surface area (Å²) in [6, 6.07) is 1.76. The Morgan fingerprint density at radius 3 is 2.47 bits per heavy atom. The lowest BCUT2D eigenvalue weighted by atomic mass is 9.92. The quantitative estimate of drug-likeness (QED) is 0.871. The van der Waals surface area contributed by atoms with Crippen molar-refractivity contribution in [3.05, 3.63) is 11.8 Å². The molecule has 17 heavy (non-hydrogen) atoms. The molecule has 1 unspecified atom stereocenters. The first-order chi connectivity index (χ1) is 7.71. The van der Waals surface area contributed by atoms with Gasteiger partial charge in [0.25, 0.3) is 0 Å². The molecule has 1 aromatic heterocycles. The average Bonchev–Trinajstić information content (AvgIpc) is 2.64. The summed E-state index contributed by atoms with van der Waals surface area (Å²) < 4.78 is 5.09. The largest absolute Gasteiger partial charge is 0.338 e. The van der Waals surface area contributed by atoms with Crippen molar-refractivity contribution in [3.8, 4) is 0 Å². The molecule has 5 heteroatoms. The first kappa shape index (κ1) is 14.2. The normalized spacial score (nSPS) is 13.8. The van der Waals surface area contributed by atoms with Crippen molar-refractivity contribution in [1.29, 1.82) is 0 Å². The van der Waals surface area contributed by atoms with Gasteiger partial charge in [0.05, 0.1) is 10.5 Å². The molecule has 1 amide bonds. The van der Waals surface area contributed by atoms with Crippen LogP contribution in [-0.2, 0) is 10.2 Å². The van der Waals surface area contributed by atoms with E-state index in [0.717, 1.165) is 5.69 Å². The molecule has 0 bridgehead atoms. The molecule has 0 aromatic carbocycles. The molecule has 0 aliphatic rings. The molecular formula is C12H19BrN2O2. The van der Waals surface area contributed by atoms with Gasteiger partial charge < -0.3 is 4.52 Å². The number of nitrogens with one attached hydrogen (secondary N) is 1. The molecule has 1 N–H and O–H groups in total. The maximum absolute atomic E-state index is 11.8. The topological polar surface area (TPSA) is 55.1 Å². The van der Waals surface area contributed by atoms with Crippen molar-refractivity contribution >= 4 is 27.7 Å². The first-order valence-corrected chi connectivity index (χ1v) is 6.55. The smallest absolute Gasteiger partial charge is 0.240 e. The van der Waals surface area contributed by atoms with Crippen LogP contribution in [0.5, 0.6) is 0 Å². The molecule has 4 nitrogen and oxygen atoms in total. The minimum Gasteiger partial charge on any atom is -0.338 e. The van der Waals surface area contributed by atoms with Gasteiger partial charge in [0, 0.05) is 11.5 Å². The van der Waals surface area contributed by atoms with Crippen LogP contribution in [0.4, 0.5) is 5.88 Å². The summed E-state index contributed by atoms with van der Waals surface area (Å²) >= 11 is 3.34. The number of nitrogens with zero attached hydrogens (tertiary/aromatic N) is 1. The number of amides is 1. The lowest BCUT2D eigenvalue weighted by molar-refractivity contribution is -0.116. The van der Waals surface area contributed by atoms with Crippen LogP contribution in [0.2, 0.25) is 0 Å². The Morgan fingerprint density at radius 2 is 2.06 bits per heavy atom. The standard InChI is InChI=1S/C12H19BrN2O2/c1-7(2)10(13)11(16)14-9-6-8(15-17-9)12(3,4)5/h6-7,10H,1-5H3,(H,14,16). The molecule has 1 rings (SSSR count). The summed E-state index contributed by atoms with van der Waals surface area (Å²) in [7, 11) is 0. The van der Waals surface area contributed by atoms with E-state index >= 15 is 0 Å². The zero-order chi connectivity index (χ0) is 13.2. The fourth-order valence-electron chi connectivity index (χ4n) is 1.18. The molecule has 0 fully saturated rings. The van der Waals surface area contributed by atoms with Crippen molar-refractivity contribution in [2.75, 3.05) is 5.32 Å². The van der Waals surface area contributed by atoms with Gasteiger partial charge >= 0.3 is 0 Å². The Balaban J connectivity index is 2.71. The zero-order valence-electron chi connectivity index (χ0n) is 10.9. The number of hydrogen-bond acceptors (Lipinski definition) is 3. The van der Waals surface area contributed by atoms with Crippen LogP contribution in [0, 0.1) is 5.92 Å². The Hall–Kier alpha value is -0.840. The Kier molecular flexibility index (Phi) is 4.36. The van der Waals surface area contributed by atoms with Gasteiger partial charge in [-0.05, 0) is 5.92 Å². The molecule has 1 atom stereocenters. The number of carbonyl (C=O) groups is 1. The van der Waals surface area contributed by atoms with E-state index in [-0.39, 0.29) is 22.1 Å². The lowest BCUT2D eigenvalue weighted by Crippen LogP contribution is -2.26. The van der Waals surface area contributed by atoms with Crippen LogP contribution < -0.4 is 5.32 Å². The monoisotopic (exact) mass is 302 g/mol. The summed E-state index contributed by atoms with van der Waals surface area (Å²) in [6.45, 7) is 10.1. The number of carbonyl (C=O) groups excluding carboxylic acids is 1. The highest BCUT2D eigenvalue weighted by molar-refractivity contribution is 9.10. The molecule has 0 spiro atoms. The van der Waals surface area contributed by atoms with Crippen LogP contribution in [0.3, 0.4) is 0 Å². The maximum atomic E-state index is 11.8. The number of hydrogen-bond donors (Lipinski definition) is 1. The minimum absolute atomic E-state index is 0.0850. The van der Waals surface area contributed by atoms with Gasteiger partial charge in [0.1, 0.15) is 0 Å². The number of aromatic nitrogens is 1. The minimum atomic E-state index is -0.231. The summed E-state index contributed by atoms with van der Waals surface area (Å²) in [5, 5.41) is 6.64. The predicted molar refractivity (Wildman–Crippen MR) is 71.4 cm³/mol. The lowest BCUT2D eigenvalue weighted by Gasteiger charge is -2.13. The van der Waals surface area contributed by atoms with E-state index < -0.39 is 0 Å². The second-order valence-electron chi connectivity index (χ2n) is 5.46. The van der Waals surface area contributed by atoms with E-state index in [1.54, 1.807) is 6.07 Å². The number of halogens is 1. The second kappa shape index (κ2) is 5.21. The maximum Gasteiger partial charge on any atom is 0.240 e. The summed E-state index contributed by atoms with van der Waals surface area (Å²) in [5.74, 6) is 0.502. The Bertz CT molecular complexity index is 393. The van der Waals surface area contributed by atoms with E-state index in [4.69, 9.17) is 4.52 Å². The van der Waals surface area contributed by atoms with Gasteiger partial charge in [-0.25, -0.2) is 0 Å².